The summed E-state index contributed by atoms with van der Waals surface area (Å²) in [7, 11) is 0. The quantitative estimate of drug-likeness (QED) is 0.580. The average Bonchev–Trinajstić information content (AvgIpc) is 3.19. The fourth-order valence-electron chi connectivity index (χ4n) is 4.15. The second-order valence-corrected chi connectivity index (χ2v) is 8.78. The van der Waals surface area contributed by atoms with Gasteiger partial charge in [0.05, 0.1) is 18.0 Å². The lowest BCUT2D eigenvalue weighted by Gasteiger charge is -2.33. The number of hydrogen-bond donors (Lipinski definition) is 0. The van der Waals surface area contributed by atoms with Gasteiger partial charge in [0.15, 0.2) is 0 Å². The van der Waals surface area contributed by atoms with Gasteiger partial charge in [0, 0.05) is 16.3 Å². The van der Waals surface area contributed by atoms with Crippen molar-refractivity contribution in [2.75, 3.05) is 15.6 Å². The van der Waals surface area contributed by atoms with Crippen molar-refractivity contribution in [2.45, 2.75) is 11.4 Å². The molecule has 3 aromatic rings. The standard InChI is InChI=1S/C23H16ClFN2O2S/c24-16-6-4-8-18(12-16)27-21(28)14-30-23(27)19-9-1-2-10-20(19)26(22(23)29)13-15-5-3-7-17(25)11-15/h1-12H,13-14H2. The number of thioether (sulfide) groups is 1. The highest BCUT2D eigenvalue weighted by molar-refractivity contribution is 8.02. The molecule has 1 unspecified atom stereocenters. The average molecular weight is 439 g/mol. The first-order valence-electron chi connectivity index (χ1n) is 9.39. The van der Waals surface area contributed by atoms with Gasteiger partial charge < -0.3 is 4.90 Å². The molecule has 2 aliphatic heterocycles. The Bertz CT molecular complexity index is 1190. The molecule has 5 rings (SSSR count). The number of hydrogen-bond acceptors (Lipinski definition) is 3. The number of anilines is 2. The summed E-state index contributed by atoms with van der Waals surface area (Å²) in [6, 6.07) is 20.6. The van der Waals surface area contributed by atoms with Gasteiger partial charge in [-0.25, -0.2) is 4.39 Å². The molecule has 0 radical (unpaired) electrons. The van der Waals surface area contributed by atoms with Gasteiger partial charge in [-0.05, 0) is 42.0 Å². The Labute approximate surface area is 182 Å². The first-order chi connectivity index (χ1) is 14.5. The molecule has 0 bridgehead atoms. The van der Waals surface area contributed by atoms with Crippen molar-refractivity contribution in [1.29, 1.82) is 0 Å². The monoisotopic (exact) mass is 438 g/mol. The summed E-state index contributed by atoms with van der Waals surface area (Å²) in [5.74, 6) is -0.546. The van der Waals surface area contributed by atoms with Gasteiger partial charge in [0.25, 0.3) is 5.91 Å². The first-order valence-corrected chi connectivity index (χ1v) is 10.8. The minimum atomic E-state index is -1.20. The van der Waals surface area contributed by atoms with Crippen LogP contribution in [0.25, 0.3) is 0 Å². The van der Waals surface area contributed by atoms with Gasteiger partial charge in [0.2, 0.25) is 10.8 Å². The molecule has 1 fully saturated rings. The lowest BCUT2D eigenvalue weighted by Crippen LogP contribution is -2.49. The summed E-state index contributed by atoms with van der Waals surface area (Å²) in [6.07, 6.45) is 0. The van der Waals surface area contributed by atoms with Gasteiger partial charge in [-0.3, -0.25) is 14.5 Å². The highest BCUT2D eigenvalue weighted by atomic mass is 35.5. The van der Waals surface area contributed by atoms with Crippen molar-refractivity contribution in [2.24, 2.45) is 0 Å². The van der Waals surface area contributed by atoms with E-state index in [-0.39, 0.29) is 29.9 Å². The van der Waals surface area contributed by atoms with Crippen molar-refractivity contribution in [3.05, 3.63) is 94.8 Å². The van der Waals surface area contributed by atoms with Crippen molar-refractivity contribution in [3.63, 3.8) is 0 Å². The summed E-state index contributed by atoms with van der Waals surface area (Å²) >= 11 is 7.48. The van der Waals surface area contributed by atoms with E-state index in [2.05, 4.69) is 0 Å². The number of carbonyl (C=O) groups excluding carboxylic acids is 2. The summed E-state index contributed by atoms with van der Waals surface area (Å²) in [4.78, 5) is 28.8. The molecule has 150 valence electrons. The Morgan fingerprint density at radius 2 is 1.80 bits per heavy atom. The summed E-state index contributed by atoms with van der Waals surface area (Å²) < 4.78 is 13.7. The normalized spacial score (nSPS) is 20.3. The molecule has 2 heterocycles. The van der Waals surface area contributed by atoms with Crippen LogP contribution in [0, 0.1) is 5.82 Å². The van der Waals surface area contributed by atoms with Crippen LogP contribution >= 0.6 is 23.4 Å². The number of nitrogens with zero attached hydrogens (tertiary/aromatic N) is 2. The van der Waals surface area contributed by atoms with Crippen molar-refractivity contribution >= 4 is 46.6 Å². The third-order valence-corrected chi connectivity index (χ3v) is 6.98. The Morgan fingerprint density at radius 3 is 2.60 bits per heavy atom. The van der Waals surface area contributed by atoms with Crippen LogP contribution < -0.4 is 9.80 Å². The van der Waals surface area contributed by atoms with Crippen molar-refractivity contribution in [3.8, 4) is 0 Å². The number of para-hydroxylation sites is 1. The van der Waals surface area contributed by atoms with Crippen LogP contribution in [0.5, 0.6) is 0 Å². The van der Waals surface area contributed by atoms with Crippen LogP contribution in [-0.4, -0.2) is 17.6 Å². The SMILES string of the molecule is O=C1CSC2(C(=O)N(Cc3cccc(F)c3)c3ccccc32)N1c1cccc(Cl)c1. The molecular weight excluding hydrogens is 423 g/mol. The van der Waals surface area contributed by atoms with Gasteiger partial charge in [-0.1, -0.05) is 48.0 Å². The number of amides is 2. The topological polar surface area (TPSA) is 40.6 Å². The van der Waals surface area contributed by atoms with E-state index >= 15 is 0 Å². The largest absolute Gasteiger partial charge is 0.304 e. The van der Waals surface area contributed by atoms with E-state index < -0.39 is 4.87 Å². The van der Waals surface area contributed by atoms with Crippen LogP contribution in [0.3, 0.4) is 0 Å². The highest BCUT2D eigenvalue weighted by Gasteiger charge is 2.60. The fraction of sp³-hybridized carbons (Fsp3) is 0.130. The second kappa shape index (κ2) is 7.15. The zero-order valence-corrected chi connectivity index (χ0v) is 17.3. The van der Waals surface area contributed by atoms with Crippen LogP contribution in [0.15, 0.2) is 72.8 Å². The van der Waals surface area contributed by atoms with E-state index in [1.165, 1.54) is 23.9 Å². The second-order valence-electron chi connectivity index (χ2n) is 7.18. The minimum Gasteiger partial charge on any atom is -0.304 e. The number of rotatable bonds is 3. The van der Waals surface area contributed by atoms with Crippen LogP contribution in [0.1, 0.15) is 11.1 Å². The van der Waals surface area contributed by atoms with E-state index in [9.17, 15) is 14.0 Å². The molecule has 0 N–H and O–H groups in total. The lowest BCUT2D eigenvalue weighted by atomic mass is 10.0. The van der Waals surface area contributed by atoms with E-state index in [1.807, 2.05) is 24.3 Å². The van der Waals surface area contributed by atoms with E-state index in [0.29, 0.717) is 16.3 Å². The fourth-order valence-corrected chi connectivity index (χ4v) is 5.69. The van der Waals surface area contributed by atoms with E-state index in [4.69, 9.17) is 11.6 Å². The van der Waals surface area contributed by atoms with Gasteiger partial charge in [-0.2, -0.15) is 0 Å². The Hall–Kier alpha value is -2.83. The molecule has 0 saturated carbocycles. The molecule has 1 saturated heterocycles. The van der Waals surface area contributed by atoms with E-state index in [0.717, 1.165) is 11.3 Å². The molecule has 0 aromatic heterocycles. The predicted molar refractivity (Wildman–Crippen MR) is 117 cm³/mol. The molecule has 7 heteroatoms. The van der Waals surface area contributed by atoms with E-state index in [1.54, 1.807) is 46.2 Å². The number of benzene rings is 3. The molecule has 4 nitrogen and oxygen atoms in total. The predicted octanol–water partition coefficient (Wildman–Crippen LogP) is 4.96. The lowest BCUT2D eigenvalue weighted by molar-refractivity contribution is -0.123. The maximum absolute atomic E-state index is 13.9. The molecule has 3 aromatic carbocycles. The number of halogens is 2. The first kappa shape index (κ1) is 19.2. The smallest absolute Gasteiger partial charge is 0.269 e. The zero-order valence-electron chi connectivity index (χ0n) is 15.7. The van der Waals surface area contributed by atoms with Gasteiger partial charge in [0.1, 0.15) is 5.82 Å². The molecule has 1 atom stereocenters. The van der Waals surface area contributed by atoms with Crippen LogP contribution in [0.4, 0.5) is 15.8 Å². The Balaban J connectivity index is 1.65. The van der Waals surface area contributed by atoms with Crippen LogP contribution in [0.2, 0.25) is 5.02 Å². The zero-order chi connectivity index (χ0) is 20.9. The Kier molecular flexibility index (Phi) is 4.56. The molecule has 1 spiro atoms. The Morgan fingerprint density at radius 1 is 1.00 bits per heavy atom. The minimum absolute atomic E-state index is 0.155. The maximum Gasteiger partial charge on any atom is 0.269 e. The van der Waals surface area contributed by atoms with Crippen molar-refractivity contribution in [1.82, 2.24) is 0 Å². The maximum atomic E-state index is 13.9. The molecule has 30 heavy (non-hydrogen) atoms. The van der Waals surface area contributed by atoms with Gasteiger partial charge in [-0.15, -0.1) is 11.8 Å². The van der Waals surface area contributed by atoms with Gasteiger partial charge >= 0.3 is 0 Å². The molecule has 2 aliphatic rings. The third kappa shape index (κ3) is 2.82. The number of fused-ring (bicyclic) bond motifs is 2. The number of carbonyl (C=O) groups is 2. The highest BCUT2D eigenvalue weighted by Crippen LogP contribution is 2.56. The molecule has 2 amide bonds. The summed E-state index contributed by atoms with van der Waals surface area (Å²) in [5, 5.41) is 0.489. The molecule has 0 aliphatic carbocycles. The summed E-state index contributed by atoms with van der Waals surface area (Å²) in [5.41, 5.74) is 2.73. The third-order valence-electron chi connectivity index (χ3n) is 5.36. The molecular formula is C23H16ClFN2O2S. The van der Waals surface area contributed by atoms with Crippen LogP contribution in [-0.2, 0) is 21.0 Å². The van der Waals surface area contributed by atoms with Crippen molar-refractivity contribution < 1.29 is 14.0 Å². The summed E-state index contributed by atoms with van der Waals surface area (Å²) in [6.45, 7) is 0.216.